The molecule has 3 N–H and O–H groups in total. The summed E-state index contributed by atoms with van der Waals surface area (Å²) in [7, 11) is 0. The first-order valence-corrected chi connectivity index (χ1v) is 12.3. The number of thiazole rings is 1. The lowest BCUT2D eigenvalue weighted by molar-refractivity contribution is -0.120. The Bertz CT molecular complexity index is 1200. The lowest BCUT2D eigenvalue weighted by Gasteiger charge is -2.19. The zero-order valence-electron chi connectivity index (χ0n) is 20.7. The highest BCUT2D eigenvalue weighted by Gasteiger charge is 2.16. The van der Waals surface area contributed by atoms with Crippen LogP contribution in [0.25, 0.3) is 11.3 Å². The Morgan fingerprint density at radius 2 is 1.43 bits per heavy atom. The molecule has 0 atom stereocenters. The molecule has 2 aromatic carbocycles. The van der Waals surface area contributed by atoms with Crippen molar-refractivity contribution >= 4 is 45.6 Å². The fraction of sp³-hybridized carbons (Fsp3) is 0.308. The lowest BCUT2D eigenvalue weighted by Crippen LogP contribution is -2.38. The van der Waals surface area contributed by atoms with E-state index in [9.17, 15) is 14.4 Å². The van der Waals surface area contributed by atoms with Crippen molar-refractivity contribution < 1.29 is 14.4 Å². The molecule has 3 aromatic rings. The van der Waals surface area contributed by atoms with Crippen molar-refractivity contribution in [2.45, 2.75) is 34.6 Å². The van der Waals surface area contributed by atoms with E-state index in [0.717, 1.165) is 22.4 Å². The Balaban J connectivity index is 1.54. The average molecular weight is 494 g/mol. The van der Waals surface area contributed by atoms with E-state index in [-0.39, 0.29) is 30.8 Å². The van der Waals surface area contributed by atoms with Crippen LogP contribution in [0.15, 0.2) is 41.8 Å². The monoisotopic (exact) mass is 493 g/mol. The Hall–Kier alpha value is -3.56. The van der Waals surface area contributed by atoms with Gasteiger partial charge in [-0.2, -0.15) is 0 Å². The minimum atomic E-state index is -0.228. The van der Waals surface area contributed by atoms with E-state index < -0.39 is 0 Å². The van der Waals surface area contributed by atoms with Crippen LogP contribution in [0.2, 0.25) is 0 Å². The minimum Gasteiger partial charge on any atom is -0.326 e. The van der Waals surface area contributed by atoms with Crippen LogP contribution >= 0.6 is 11.3 Å². The summed E-state index contributed by atoms with van der Waals surface area (Å²) in [6.07, 6.45) is 0. The second kappa shape index (κ2) is 11.7. The molecule has 0 saturated heterocycles. The van der Waals surface area contributed by atoms with Gasteiger partial charge in [0.05, 0.1) is 18.8 Å². The van der Waals surface area contributed by atoms with Gasteiger partial charge in [-0.05, 0) is 62.7 Å². The standard InChI is InChI=1S/C26H31N5O3S/c1-6-31(13-23(33)28-21-9-7-20(8-10-21)27-19(5)32)14-24(34)30-26-29-22(15-35-26)25-17(3)11-16(2)12-18(25)4/h7-12,15H,6,13-14H2,1-5H3,(H,27,32)(H,28,33)(H,29,30,34). The van der Waals surface area contributed by atoms with Crippen molar-refractivity contribution in [1.29, 1.82) is 0 Å². The molecule has 9 heteroatoms. The highest BCUT2D eigenvalue weighted by atomic mass is 32.1. The summed E-state index contributed by atoms with van der Waals surface area (Å²) in [4.78, 5) is 42.6. The molecular weight excluding hydrogens is 462 g/mol. The van der Waals surface area contributed by atoms with E-state index in [1.54, 1.807) is 29.2 Å². The summed E-state index contributed by atoms with van der Waals surface area (Å²) in [5, 5.41) is 10.8. The van der Waals surface area contributed by atoms with Crippen LogP contribution in [-0.4, -0.2) is 47.2 Å². The van der Waals surface area contributed by atoms with Crippen molar-refractivity contribution in [3.63, 3.8) is 0 Å². The molecule has 0 spiro atoms. The van der Waals surface area contributed by atoms with E-state index in [1.165, 1.54) is 23.8 Å². The topological polar surface area (TPSA) is 103 Å². The van der Waals surface area contributed by atoms with Crippen molar-refractivity contribution in [3.05, 3.63) is 58.5 Å². The third kappa shape index (κ3) is 7.46. The van der Waals surface area contributed by atoms with Gasteiger partial charge in [0, 0.05) is 29.2 Å². The molecule has 0 fully saturated rings. The van der Waals surface area contributed by atoms with Crippen LogP contribution in [0.5, 0.6) is 0 Å². The molecule has 184 valence electrons. The normalized spacial score (nSPS) is 10.8. The Morgan fingerprint density at radius 3 is 1.97 bits per heavy atom. The maximum Gasteiger partial charge on any atom is 0.240 e. The van der Waals surface area contributed by atoms with Crippen LogP contribution in [-0.2, 0) is 14.4 Å². The number of anilines is 3. The summed E-state index contributed by atoms with van der Waals surface area (Å²) >= 11 is 1.38. The number of benzene rings is 2. The van der Waals surface area contributed by atoms with E-state index in [0.29, 0.717) is 23.1 Å². The Labute approximate surface area is 209 Å². The molecular formula is C26H31N5O3S. The second-order valence-electron chi connectivity index (χ2n) is 8.47. The number of carbonyl (C=O) groups excluding carboxylic acids is 3. The summed E-state index contributed by atoms with van der Waals surface area (Å²) in [5.41, 5.74) is 6.71. The van der Waals surface area contributed by atoms with Crippen LogP contribution in [0.3, 0.4) is 0 Å². The third-order valence-electron chi connectivity index (χ3n) is 5.35. The number of likely N-dealkylation sites (N-methyl/N-ethyl adjacent to an activating group) is 1. The molecule has 1 heterocycles. The van der Waals surface area contributed by atoms with Crippen molar-refractivity contribution in [3.8, 4) is 11.3 Å². The first-order chi connectivity index (χ1) is 16.6. The van der Waals surface area contributed by atoms with Gasteiger partial charge in [0.1, 0.15) is 0 Å². The second-order valence-corrected chi connectivity index (χ2v) is 9.33. The van der Waals surface area contributed by atoms with E-state index in [4.69, 9.17) is 0 Å². The molecule has 0 aliphatic rings. The van der Waals surface area contributed by atoms with Gasteiger partial charge in [0.15, 0.2) is 5.13 Å². The number of carbonyl (C=O) groups is 3. The molecule has 0 unspecified atom stereocenters. The number of nitrogens with zero attached hydrogens (tertiary/aromatic N) is 2. The fourth-order valence-corrected chi connectivity index (χ4v) is 4.63. The minimum absolute atomic E-state index is 0.0717. The SMILES string of the molecule is CCN(CC(=O)Nc1ccc(NC(C)=O)cc1)CC(=O)Nc1nc(-c2c(C)cc(C)cc2C)cs1. The zero-order chi connectivity index (χ0) is 25.5. The van der Waals surface area contributed by atoms with Crippen LogP contribution in [0, 0.1) is 20.8 Å². The first-order valence-electron chi connectivity index (χ1n) is 11.4. The van der Waals surface area contributed by atoms with Gasteiger partial charge in [0.2, 0.25) is 17.7 Å². The molecule has 0 aliphatic heterocycles. The lowest BCUT2D eigenvalue weighted by atomic mass is 9.98. The highest BCUT2D eigenvalue weighted by Crippen LogP contribution is 2.31. The summed E-state index contributed by atoms with van der Waals surface area (Å²) in [6.45, 7) is 10.2. The number of hydrogen-bond donors (Lipinski definition) is 3. The molecule has 8 nitrogen and oxygen atoms in total. The summed E-state index contributed by atoms with van der Waals surface area (Å²) in [5.74, 6) is -0.612. The van der Waals surface area contributed by atoms with E-state index in [2.05, 4.69) is 53.8 Å². The third-order valence-corrected chi connectivity index (χ3v) is 6.11. The number of aromatic nitrogens is 1. The number of aryl methyl sites for hydroxylation is 3. The number of nitrogens with one attached hydrogen (secondary N) is 3. The number of amides is 3. The molecule has 0 saturated carbocycles. The molecule has 1 aromatic heterocycles. The molecule has 0 radical (unpaired) electrons. The van der Waals surface area contributed by atoms with Gasteiger partial charge in [-0.25, -0.2) is 4.98 Å². The van der Waals surface area contributed by atoms with Crippen LogP contribution in [0.1, 0.15) is 30.5 Å². The maximum atomic E-state index is 12.6. The molecule has 0 aliphatic carbocycles. The van der Waals surface area contributed by atoms with Gasteiger partial charge in [0.25, 0.3) is 0 Å². The van der Waals surface area contributed by atoms with Gasteiger partial charge in [-0.1, -0.05) is 24.6 Å². The smallest absolute Gasteiger partial charge is 0.240 e. The predicted octanol–water partition coefficient (Wildman–Crippen LogP) is 4.59. The van der Waals surface area contributed by atoms with Gasteiger partial charge in [-0.15, -0.1) is 11.3 Å². The average Bonchev–Trinajstić information content (AvgIpc) is 3.21. The van der Waals surface area contributed by atoms with E-state index >= 15 is 0 Å². The Morgan fingerprint density at radius 1 is 0.886 bits per heavy atom. The van der Waals surface area contributed by atoms with Gasteiger partial charge in [-0.3, -0.25) is 19.3 Å². The zero-order valence-corrected chi connectivity index (χ0v) is 21.5. The molecule has 3 rings (SSSR count). The number of hydrogen-bond acceptors (Lipinski definition) is 6. The molecule has 3 amide bonds. The maximum absolute atomic E-state index is 12.6. The molecule has 35 heavy (non-hydrogen) atoms. The quantitative estimate of drug-likeness (QED) is 0.404. The first kappa shape index (κ1) is 26.1. The van der Waals surface area contributed by atoms with Crippen LogP contribution < -0.4 is 16.0 Å². The summed E-state index contributed by atoms with van der Waals surface area (Å²) in [6, 6.07) is 11.1. The van der Waals surface area contributed by atoms with E-state index in [1.807, 2.05) is 12.3 Å². The van der Waals surface area contributed by atoms with Crippen molar-refractivity contribution in [2.24, 2.45) is 0 Å². The number of rotatable bonds is 9. The fourth-order valence-electron chi connectivity index (χ4n) is 3.92. The Kier molecular flexibility index (Phi) is 8.73. The highest BCUT2D eigenvalue weighted by molar-refractivity contribution is 7.14. The predicted molar refractivity (Wildman–Crippen MR) is 142 cm³/mol. The van der Waals surface area contributed by atoms with Crippen LogP contribution in [0.4, 0.5) is 16.5 Å². The van der Waals surface area contributed by atoms with Crippen molar-refractivity contribution in [1.82, 2.24) is 9.88 Å². The largest absolute Gasteiger partial charge is 0.326 e. The summed E-state index contributed by atoms with van der Waals surface area (Å²) < 4.78 is 0. The van der Waals surface area contributed by atoms with Gasteiger partial charge < -0.3 is 16.0 Å². The molecule has 0 bridgehead atoms. The van der Waals surface area contributed by atoms with Gasteiger partial charge >= 0.3 is 0 Å². The van der Waals surface area contributed by atoms with Crippen molar-refractivity contribution in [2.75, 3.05) is 35.6 Å².